The van der Waals surface area contributed by atoms with Crippen molar-refractivity contribution < 1.29 is 13.9 Å². The van der Waals surface area contributed by atoms with Gasteiger partial charge in [0.25, 0.3) is 0 Å². The fraction of sp³-hybridized carbons (Fsp3) is 0.619. The molecule has 29 heavy (non-hydrogen) atoms. The van der Waals surface area contributed by atoms with Gasteiger partial charge in [-0.2, -0.15) is 0 Å². The molecule has 8 heteroatoms. The van der Waals surface area contributed by atoms with Crippen LogP contribution in [0.5, 0.6) is 5.75 Å². The lowest BCUT2D eigenvalue weighted by Gasteiger charge is -2.19. The number of halogens is 2. The van der Waals surface area contributed by atoms with Crippen LogP contribution >= 0.6 is 24.0 Å². The number of hydrogen-bond acceptors (Lipinski definition) is 3. The number of rotatable bonds is 11. The summed E-state index contributed by atoms with van der Waals surface area (Å²) in [7, 11) is 0. The molecule has 0 radical (unpaired) electrons. The maximum Gasteiger partial charge on any atom is 0.221 e. The lowest BCUT2D eigenvalue weighted by molar-refractivity contribution is -0.120. The molecule has 1 aromatic carbocycles. The molecule has 0 heterocycles. The summed E-state index contributed by atoms with van der Waals surface area (Å²) in [6.45, 7) is 8.29. The Morgan fingerprint density at radius 3 is 2.69 bits per heavy atom. The molecule has 0 aromatic heterocycles. The van der Waals surface area contributed by atoms with Crippen LogP contribution in [0.2, 0.25) is 0 Å². The highest BCUT2D eigenvalue weighted by Crippen LogP contribution is 2.30. The van der Waals surface area contributed by atoms with E-state index in [-0.39, 0.29) is 41.7 Å². The van der Waals surface area contributed by atoms with E-state index in [1.54, 1.807) is 6.07 Å². The van der Waals surface area contributed by atoms with Crippen LogP contribution in [0.4, 0.5) is 4.39 Å². The second kappa shape index (κ2) is 13.6. The Morgan fingerprint density at radius 2 is 2.07 bits per heavy atom. The number of carbonyl (C=O) groups is 1. The lowest BCUT2D eigenvalue weighted by atomic mass is 10.1. The van der Waals surface area contributed by atoms with Crippen molar-refractivity contribution in [1.82, 2.24) is 16.0 Å². The fourth-order valence-corrected chi connectivity index (χ4v) is 2.63. The standard InChI is InChI=1S/C21H33FN4O2.HI/c1-4-11-24-20(27)10-12-25-21(23-5-2)26-15(3)17-8-9-19(18(22)13-17)28-14-16-6-7-16;/h8-9,13,15-16H,4-7,10-12,14H2,1-3H3,(H,24,27)(H2,23,25,26);1H. The molecule has 1 aliphatic rings. The maximum atomic E-state index is 14.3. The van der Waals surface area contributed by atoms with E-state index in [1.165, 1.54) is 18.9 Å². The van der Waals surface area contributed by atoms with Crippen LogP contribution < -0.4 is 20.7 Å². The molecule has 3 N–H and O–H groups in total. The highest BCUT2D eigenvalue weighted by atomic mass is 127. The second-order valence-corrected chi connectivity index (χ2v) is 7.17. The van der Waals surface area contributed by atoms with Gasteiger partial charge in [-0.15, -0.1) is 24.0 Å². The number of carbonyl (C=O) groups excluding carboxylic acids is 1. The molecule has 2 rings (SSSR count). The van der Waals surface area contributed by atoms with E-state index in [4.69, 9.17) is 4.74 Å². The summed E-state index contributed by atoms with van der Waals surface area (Å²) in [5, 5.41) is 9.25. The quantitative estimate of drug-likeness (QED) is 0.236. The van der Waals surface area contributed by atoms with Gasteiger partial charge in [-0.1, -0.05) is 13.0 Å². The van der Waals surface area contributed by atoms with Gasteiger partial charge in [0, 0.05) is 19.5 Å². The minimum Gasteiger partial charge on any atom is -0.490 e. The molecule has 1 amide bonds. The van der Waals surface area contributed by atoms with Crippen LogP contribution in [0.15, 0.2) is 23.2 Å². The van der Waals surface area contributed by atoms with Crippen molar-refractivity contribution >= 4 is 35.8 Å². The molecule has 1 unspecified atom stereocenters. The molecule has 6 nitrogen and oxygen atoms in total. The molecule has 1 aromatic rings. The van der Waals surface area contributed by atoms with Crippen molar-refractivity contribution in [3.05, 3.63) is 29.6 Å². The number of nitrogens with zero attached hydrogens (tertiary/aromatic N) is 1. The predicted molar refractivity (Wildman–Crippen MR) is 125 cm³/mol. The van der Waals surface area contributed by atoms with Gasteiger partial charge in [0.15, 0.2) is 17.5 Å². The minimum absolute atomic E-state index is 0. The average molecular weight is 520 g/mol. The average Bonchev–Trinajstić information content (AvgIpc) is 3.49. The molecule has 1 fully saturated rings. The van der Waals surface area contributed by atoms with Crippen molar-refractivity contribution in [3.8, 4) is 5.75 Å². The molecule has 1 atom stereocenters. The van der Waals surface area contributed by atoms with Crippen molar-refractivity contribution in [2.75, 3.05) is 26.2 Å². The van der Waals surface area contributed by atoms with Gasteiger partial charge in [-0.3, -0.25) is 9.79 Å². The number of benzene rings is 1. The molecule has 0 aliphatic heterocycles. The first-order valence-electron chi connectivity index (χ1n) is 10.3. The van der Waals surface area contributed by atoms with Gasteiger partial charge in [-0.05, 0) is 56.7 Å². The largest absolute Gasteiger partial charge is 0.490 e. The molecule has 1 saturated carbocycles. The van der Waals surface area contributed by atoms with Crippen LogP contribution in [0, 0.1) is 11.7 Å². The van der Waals surface area contributed by atoms with E-state index in [9.17, 15) is 9.18 Å². The zero-order valence-electron chi connectivity index (χ0n) is 17.6. The summed E-state index contributed by atoms with van der Waals surface area (Å²) >= 11 is 0. The summed E-state index contributed by atoms with van der Waals surface area (Å²) in [4.78, 5) is 16.1. The van der Waals surface area contributed by atoms with Crippen LogP contribution in [0.3, 0.4) is 0 Å². The number of guanidine groups is 1. The van der Waals surface area contributed by atoms with Crippen LogP contribution in [0.25, 0.3) is 0 Å². The predicted octanol–water partition coefficient (Wildman–Crippen LogP) is 3.76. The van der Waals surface area contributed by atoms with Crippen LogP contribution in [-0.4, -0.2) is 38.1 Å². The van der Waals surface area contributed by atoms with E-state index in [2.05, 4.69) is 20.9 Å². The first kappa shape index (κ1) is 25.5. The Bertz CT molecular complexity index is 668. The second-order valence-electron chi connectivity index (χ2n) is 7.17. The number of nitrogens with one attached hydrogen (secondary N) is 3. The van der Waals surface area contributed by atoms with Gasteiger partial charge in [0.2, 0.25) is 5.91 Å². The van der Waals surface area contributed by atoms with Crippen molar-refractivity contribution in [2.24, 2.45) is 10.9 Å². The molecular formula is C21H34FIN4O2. The Hall–Kier alpha value is -1.58. The lowest BCUT2D eigenvalue weighted by Crippen LogP contribution is -2.39. The van der Waals surface area contributed by atoms with Gasteiger partial charge >= 0.3 is 0 Å². The van der Waals surface area contributed by atoms with E-state index in [1.807, 2.05) is 26.8 Å². The van der Waals surface area contributed by atoms with Gasteiger partial charge < -0.3 is 20.7 Å². The first-order valence-corrected chi connectivity index (χ1v) is 10.3. The number of aliphatic imine (C=N–C) groups is 1. The normalized spacial score (nSPS) is 14.6. The molecule has 164 valence electrons. The zero-order valence-corrected chi connectivity index (χ0v) is 19.9. The smallest absolute Gasteiger partial charge is 0.221 e. The molecule has 0 saturated heterocycles. The monoisotopic (exact) mass is 520 g/mol. The van der Waals surface area contributed by atoms with Crippen molar-refractivity contribution in [1.29, 1.82) is 0 Å². The summed E-state index contributed by atoms with van der Waals surface area (Å²) in [6.07, 6.45) is 3.60. The molecule has 0 spiro atoms. The third-order valence-corrected chi connectivity index (χ3v) is 4.51. The Labute approximate surface area is 190 Å². The van der Waals surface area contributed by atoms with E-state index >= 15 is 0 Å². The Balaban J connectivity index is 0.00000420. The first-order chi connectivity index (χ1) is 13.5. The number of amides is 1. The third-order valence-electron chi connectivity index (χ3n) is 4.51. The topological polar surface area (TPSA) is 74.8 Å². The molecule has 0 bridgehead atoms. The number of hydrogen-bond donors (Lipinski definition) is 3. The van der Waals surface area contributed by atoms with Crippen LogP contribution in [-0.2, 0) is 4.79 Å². The fourth-order valence-electron chi connectivity index (χ4n) is 2.63. The molecule has 1 aliphatic carbocycles. The summed E-state index contributed by atoms with van der Waals surface area (Å²) in [5.41, 5.74) is 0.808. The Morgan fingerprint density at radius 1 is 1.31 bits per heavy atom. The van der Waals surface area contributed by atoms with E-state index in [0.29, 0.717) is 50.3 Å². The van der Waals surface area contributed by atoms with Crippen molar-refractivity contribution in [2.45, 2.75) is 52.5 Å². The number of ether oxygens (including phenoxy) is 1. The minimum atomic E-state index is -0.346. The Kier molecular flexibility index (Phi) is 11.9. The highest BCUT2D eigenvalue weighted by molar-refractivity contribution is 14.0. The SMILES string of the molecule is CCCNC(=O)CCN=C(NCC)NC(C)c1ccc(OCC2CC2)c(F)c1.I. The summed E-state index contributed by atoms with van der Waals surface area (Å²) < 4.78 is 19.9. The zero-order chi connectivity index (χ0) is 20.4. The summed E-state index contributed by atoms with van der Waals surface area (Å²) in [6, 6.07) is 4.92. The summed E-state index contributed by atoms with van der Waals surface area (Å²) in [5.74, 6) is 1.15. The maximum absolute atomic E-state index is 14.3. The van der Waals surface area contributed by atoms with Gasteiger partial charge in [0.1, 0.15) is 0 Å². The van der Waals surface area contributed by atoms with Gasteiger partial charge in [-0.25, -0.2) is 4.39 Å². The van der Waals surface area contributed by atoms with Crippen molar-refractivity contribution in [3.63, 3.8) is 0 Å². The van der Waals surface area contributed by atoms with E-state index < -0.39 is 0 Å². The van der Waals surface area contributed by atoms with E-state index in [0.717, 1.165) is 12.0 Å². The van der Waals surface area contributed by atoms with Crippen LogP contribution in [0.1, 0.15) is 58.1 Å². The molecular weight excluding hydrogens is 486 g/mol. The van der Waals surface area contributed by atoms with Gasteiger partial charge in [0.05, 0.1) is 19.2 Å². The highest BCUT2D eigenvalue weighted by Gasteiger charge is 2.22. The third kappa shape index (κ3) is 9.64.